The SMILES string of the molecule is CC(=O)OC[C@H]1O[C@@H](n2c(Br)nc3c(Cl)c(Cl)c(Cl)cc32)[C@H](OC(C)=O)[C@@H]1OC(C)=O. The van der Waals surface area contributed by atoms with Gasteiger partial charge in [0, 0.05) is 20.8 Å². The lowest BCUT2D eigenvalue weighted by Gasteiger charge is -2.24. The Kier molecular flexibility index (Phi) is 7.37. The molecule has 0 unspecified atom stereocenters. The van der Waals surface area contributed by atoms with E-state index >= 15 is 0 Å². The van der Waals surface area contributed by atoms with E-state index < -0.39 is 42.4 Å². The normalized spacial score (nSPS) is 23.1. The highest BCUT2D eigenvalue weighted by Gasteiger charge is 2.51. The lowest BCUT2D eigenvalue weighted by atomic mass is 10.1. The van der Waals surface area contributed by atoms with Gasteiger partial charge < -0.3 is 18.9 Å². The maximum absolute atomic E-state index is 11.8. The number of carbonyl (C=O) groups is 3. The molecule has 1 saturated heterocycles. The van der Waals surface area contributed by atoms with E-state index in [0.29, 0.717) is 11.0 Å². The van der Waals surface area contributed by atoms with Gasteiger partial charge in [0.15, 0.2) is 23.2 Å². The molecule has 1 fully saturated rings. The van der Waals surface area contributed by atoms with Crippen LogP contribution in [0, 0.1) is 0 Å². The van der Waals surface area contributed by atoms with Crippen LogP contribution < -0.4 is 0 Å². The second kappa shape index (κ2) is 9.50. The summed E-state index contributed by atoms with van der Waals surface area (Å²) < 4.78 is 23.7. The van der Waals surface area contributed by atoms with Crippen LogP contribution in [-0.4, -0.2) is 52.4 Å². The van der Waals surface area contributed by atoms with Crippen molar-refractivity contribution < 1.29 is 33.3 Å². The van der Waals surface area contributed by atoms with Gasteiger partial charge in [-0.25, -0.2) is 4.98 Å². The number of fused-ring (bicyclic) bond motifs is 1. The predicted octanol–water partition coefficient (Wildman–Crippen LogP) is 4.08. The average Bonchev–Trinajstić information content (AvgIpc) is 3.15. The fraction of sp³-hybridized carbons (Fsp3) is 0.444. The molecule has 2 heterocycles. The Bertz CT molecular complexity index is 1060. The summed E-state index contributed by atoms with van der Waals surface area (Å²) in [6.45, 7) is 3.39. The van der Waals surface area contributed by atoms with Crippen molar-refractivity contribution in [3.8, 4) is 0 Å². The van der Waals surface area contributed by atoms with Crippen LogP contribution in [0.5, 0.6) is 0 Å². The zero-order valence-corrected chi connectivity index (χ0v) is 20.2. The number of aromatic nitrogens is 2. The molecule has 0 spiro atoms. The molecule has 2 aromatic rings. The predicted molar refractivity (Wildman–Crippen MR) is 114 cm³/mol. The number of rotatable bonds is 5. The summed E-state index contributed by atoms with van der Waals surface area (Å²) >= 11 is 21.9. The third-order valence-electron chi connectivity index (χ3n) is 4.37. The average molecular weight is 559 g/mol. The molecule has 31 heavy (non-hydrogen) atoms. The van der Waals surface area contributed by atoms with E-state index in [2.05, 4.69) is 20.9 Å². The van der Waals surface area contributed by atoms with Gasteiger partial charge in [0.1, 0.15) is 18.2 Å². The molecule has 13 heteroatoms. The van der Waals surface area contributed by atoms with Crippen LogP contribution in [-0.2, 0) is 33.3 Å². The van der Waals surface area contributed by atoms with Crippen molar-refractivity contribution in [2.45, 2.75) is 45.3 Å². The van der Waals surface area contributed by atoms with Crippen LogP contribution >= 0.6 is 50.7 Å². The van der Waals surface area contributed by atoms with Gasteiger partial charge in [-0.1, -0.05) is 34.8 Å². The van der Waals surface area contributed by atoms with Gasteiger partial charge in [0.05, 0.1) is 20.6 Å². The van der Waals surface area contributed by atoms with Crippen LogP contribution in [0.15, 0.2) is 10.8 Å². The van der Waals surface area contributed by atoms with Crippen molar-refractivity contribution in [2.24, 2.45) is 0 Å². The van der Waals surface area contributed by atoms with E-state index in [4.69, 9.17) is 53.8 Å². The Morgan fingerprint density at radius 2 is 1.68 bits per heavy atom. The number of benzene rings is 1. The lowest BCUT2D eigenvalue weighted by Crippen LogP contribution is -2.40. The Hall–Kier alpha value is -1.59. The second-order valence-electron chi connectivity index (χ2n) is 6.62. The van der Waals surface area contributed by atoms with Crippen LogP contribution in [0.3, 0.4) is 0 Å². The van der Waals surface area contributed by atoms with E-state index in [-0.39, 0.29) is 26.4 Å². The fourth-order valence-electron chi connectivity index (χ4n) is 3.25. The number of halogens is 4. The van der Waals surface area contributed by atoms with Crippen LogP contribution in [0.25, 0.3) is 11.0 Å². The Morgan fingerprint density at radius 1 is 1.06 bits per heavy atom. The summed E-state index contributed by atoms with van der Waals surface area (Å²) in [5, 5.41) is 0.420. The minimum atomic E-state index is -1.09. The van der Waals surface area contributed by atoms with E-state index in [0.717, 1.165) is 0 Å². The monoisotopic (exact) mass is 556 g/mol. The number of hydrogen-bond donors (Lipinski definition) is 0. The number of esters is 3. The van der Waals surface area contributed by atoms with Crippen LogP contribution in [0.1, 0.15) is 27.0 Å². The van der Waals surface area contributed by atoms with E-state index in [1.807, 2.05) is 0 Å². The summed E-state index contributed by atoms with van der Waals surface area (Å²) in [4.78, 5) is 39.2. The first-order valence-electron chi connectivity index (χ1n) is 8.85. The summed E-state index contributed by atoms with van der Waals surface area (Å²) in [5.41, 5.74) is 0.740. The lowest BCUT2D eigenvalue weighted by molar-refractivity contribution is -0.166. The second-order valence-corrected chi connectivity index (χ2v) is 8.49. The van der Waals surface area contributed by atoms with Gasteiger partial charge >= 0.3 is 17.9 Å². The molecule has 1 aromatic carbocycles. The molecule has 0 saturated carbocycles. The molecule has 9 nitrogen and oxygen atoms in total. The standard InChI is InChI=1S/C18H16BrCl3N2O7/c1-6(25)28-5-11-15(29-7(2)26)16(30-8(3)27)17(31-11)24-10-4-9(20)12(21)13(22)14(10)23-18(24)19/h4,11,15-17H,5H2,1-3H3/t11-,15-,16-,17-/m1/s1. The molecule has 0 aliphatic carbocycles. The molecule has 1 aromatic heterocycles. The van der Waals surface area contributed by atoms with Crippen molar-refractivity contribution >= 4 is 79.7 Å². The van der Waals surface area contributed by atoms with Crippen molar-refractivity contribution in [1.29, 1.82) is 0 Å². The first-order chi connectivity index (χ1) is 14.5. The molecule has 3 rings (SSSR count). The third kappa shape index (κ3) is 4.93. The molecular formula is C18H16BrCl3N2O7. The highest BCUT2D eigenvalue weighted by atomic mass is 79.9. The molecule has 1 aliphatic rings. The zero-order chi connectivity index (χ0) is 23.0. The fourth-order valence-corrected chi connectivity index (χ4v) is 4.45. The number of ether oxygens (including phenoxy) is 4. The molecular weight excluding hydrogens is 542 g/mol. The number of imidazole rings is 1. The highest BCUT2D eigenvalue weighted by molar-refractivity contribution is 9.10. The topological polar surface area (TPSA) is 106 Å². The maximum atomic E-state index is 11.8. The first kappa shape index (κ1) is 24.1. The van der Waals surface area contributed by atoms with Crippen LogP contribution in [0.2, 0.25) is 15.1 Å². The minimum Gasteiger partial charge on any atom is -0.463 e. The van der Waals surface area contributed by atoms with Gasteiger partial charge in [-0.05, 0) is 22.0 Å². The van der Waals surface area contributed by atoms with Gasteiger partial charge in [-0.3, -0.25) is 19.0 Å². The van der Waals surface area contributed by atoms with Gasteiger partial charge in [-0.15, -0.1) is 0 Å². The third-order valence-corrected chi connectivity index (χ3v) is 6.19. The minimum absolute atomic E-state index is 0.124. The molecule has 0 radical (unpaired) electrons. The molecule has 1 aliphatic heterocycles. The van der Waals surface area contributed by atoms with Crippen molar-refractivity contribution in [2.75, 3.05) is 6.61 Å². The van der Waals surface area contributed by atoms with Crippen molar-refractivity contribution in [1.82, 2.24) is 9.55 Å². The number of nitrogens with zero attached hydrogens (tertiary/aromatic N) is 2. The van der Waals surface area contributed by atoms with Crippen LogP contribution in [0.4, 0.5) is 0 Å². The van der Waals surface area contributed by atoms with Crippen molar-refractivity contribution in [3.63, 3.8) is 0 Å². The maximum Gasteiger partial charge on any atom is 0.303 e. The largest absolute Gasteiger partial charge is 0.463 e. The smallest absolute Gasteiger partial charge is 0.303 e. The summed E-state index contributed by atoms with van der Waals surface area (Å²) in [6.07, 6.45) is -4.11. The molecule has 0 bridgehead atoms. The Morgan fingerprint density at radius 3 is 2.26 bits per heavy atom. The summed E-state index contributed by atoms with van der Waals surface area (Å²) in [5.74, 6) is -1.82. The Labute approximate surface area is 199 Å². The van der Waals surface area contributed by atoms with Gasteiger partial charge in [0.25, 0.3) is 0 Å². The van der Waals surface area contributed by atoms with Gasteiger partial charge in [0.2, 0.25) is 0 Å². The van der Waals surface area contributed by atoms with E-state index in [1.54, 1.807) is 0 Å². The number of hydrogen-bond acceptors (Lipinski definition) is 8. The summed E-state index contributed by atoms with van der Waals surface area (Å²) in [6, 6.07) is 1.53. The number of carbonyl (C=O) groups excluding carboxylic acids is 3. The Balaban J connectivity index is 2.13. The molecule has 4 atom stereocenters. The first-order valence-corrected chi connectivity index (χ1v) is 10.8. The molecule has 0 N–H and O–H groups in total. The van der Waals surface area contributed by atoms with E-state index in [9.17, 15) is 14.4 Å². The zero-order valence-electron chi connectivity index (χ0n) is 16.4. The van der Waals surface area contributed by atoms with E-state index in [1.165, 1.54) is 31.4 Å². The van der Waals surface area contributed by atoms with Crippen molar-refractivity contribution in [3.05, 3.63) is 25.9 Å². The molecule has 168 valence electrons. The quantitative estimate of drug-likeness (QED) is 0.307. The highest BCUT2D eigenvalue weighted by Crippen LogP contribution is 2.42. The summed E-state index contributed by atoms with van der Waals surface area (Å²) in [7, 11) is 0. The molecule has 0 amide bonds. The van der Waals surface area contributed by atoms with Gasteiger partial charge in [-0.2, -0.15) is 0 Å².